The van der Waals surface area contributed by atoms with E-state index in [1.807, 2.05) is 18.4 Å². The van der Waals surface area contributed by atoms with Crippen LogP contribution in [0, 0.1) is 5.92 Å². The third-order valence-corrected chi connectivity index (χ3v) is 5.84. The summed E-state index contributed by atoms with van der Waals surface area (Å²) in [4.78, 5) is 0. The highest BCUT2D eigenvalue weighted by Crippen LogP contribution is 2.31. The molecule has 0 aliphatic heterocycles. The van der Waals surface area contributed by atoms with E-state index < -0.39 is 0 Å². The molecule has 1 aliphatic carbocycles. The van der Waals surface area contributed by atoms with Gasteiger partial charge in [-0.05, 0) is 47.6 Å². The molecule has 1 aromatic heterocycles. The van der Waals surface area contributed by atoms with Crippen LogP contribution in [0.25, 0.3) is 10.1 Å². The summed E-state index contributed by atoms with van der Waals surface area (Å²) in [5.41, 5.74) is 7.90. The second-order valence-corrected chi connectivity index (χ2v) is 7.13. The van der Waals surface area contributed by atoms with Gasteiger partial charge in [-0.3, -0.25) is 0 Å². The number of fused-ring (bicyclic) bond motifs is 1. The fraction of sp³-hybridized carbons (Fsp3) is 0.556. The Morgan fingerprint density at radius 3 is 2.76 bits per heavy atom. The first kappa shape index (κ1) is 15.0. The molecule has 2 aromatic rings. The molecule has 0 radical (unpaired) electrons. The summed E-state index contributed by atoms with van der Waals surface area (Å²) in [5.74, 6) is 0.642. The molecule has 3 heteroatoms. The summed E-state index contributed by atoms with van der Waals surface area (Å²) >= 11 is 1.81. The molecule has 1 heterocycles. The Hall–Kier alpha value is -0.900. The van der Waals surface area contributed by atoms with Crippen LogP contribution >= 0.6 is 11.3 Å². The number of hydrogen-bond donors (Lipinski definition) is 1. The van der Waals surface area contributed by atoms with Gasteiger partial charge < -0.3 is 10.5 Å². The van der Waals surface area contributed by atoms with Crippen molar-refractivity contribution in [1.29, 1.82) is 0 Å². The lowest BCUT2D eigenvalue weighted by atomic mass is 9.81. The highest BCUT2D eigenvalue weighted by molar-refractivity contribution is 7.17. The standard InChI is InChI=1S/C18H25NOS/c1-20-18(13-7-3-2-4-8-13)16(19)11-14-12-21-17-10-6-5-9-15(14)17/h5-6,9-10,12-13,16,18H,2-4,7-8,11,19H2,1H3. The van der Waals surface area contributed by atoms with Crippen LogP contribution in [0.5, 0.6) is 0 Å². The first-order valence-electron chi connectivity index (χ1n) is 8.03. The Morgan fingerprint density at radius 1 is 1.24 bits per heavy atom. The number of benzene rings is 1. The molecule has 2 atom stereocenters. The smallest absolute Gasteiger partial charge is 0.0753 e. The van der Waals surface area contributed by atoms with Gasteiger partial charge in [0.25, 0.3) is 0 Å². The van der Waals surface area contributed by atoms with Crippen LogP contribution in [0.4, 0.5) is 0 Å². The maximum atomic E-state index is 6.52. The molecule has 0 bridgehead atoms. The fourth-order valence-corrected chi connectivity index (χ4v) is 4.72. The van der Waals surface area contributed by atoms with Gasteiger partial charge in [-0.15, -0.1) is 11.3 Å². The Labute approximate surface area is 131 Å². The van der Waals surface area contributed by atoms with E-state index in [1.165, 1.54) is 47.8 Å². The number of nitrogens with two attached hydrogens (primary N) is 1. The molecule has 114 valence electrons. The lowest BCUT2D eigenvalue weighted by molar-refractivity contribution is 0.0179. The van der Waals surface area contributed by atoms with E-state index in [0.29, 0.717) is 5.92 Å². The number of methoxy groups -OCH3 is 1. The van der Waals surface area contributed by atoms with E-state index in [9.17, 15) is 0 Å². The molecule has 0 spiro atoms. The third kappa shape index (κ3) is 3.31. The average Bonchev–Trinajstić information content (AvgIpc) is 2.92. The minimum absolute atomic E-state index is 0.0936. The monoisotopic (exact) mass is 303 g/mol. The number of rotatable bonds is 5. The molecule has 2 unspecified atom stereocenters. The van der Waals surface area contributed by atoms with Crippen LogP contribution in [-0.4, -0.2) is 19.3 Å². The summed E-state index contributed by atoms with van der Waals surface area (Å²) in [6, 6.07) is 8.69. The lowest BCUT2D eigenvalue weighted by Crippen LogP contribution is -2.43. The molecule has 0 amide bonds. The molecule has 2 N–H and O–H groups in total. The minimum atomic E-state index is 0.0936. The van der Waals surface area contributed by atoms with Gasteiger partial charge in [0.2, 0.25) is 0 Å². The molecule has 1 aliphatic rings. The third-order valence-electron chi connectivity index (χ3n) is 4.83. The van der Waals surface area contributed by atoms with Crippen molar-refractivity contribution >= 4 is 21.4 Å². The average molecular weight is 303 g/mol. The van der Waals surface area contributed by atoms with Gasteiger partial charge in [-0.2, -0.15) is 0 Å². The highest BCUT2D eigenvalue weighted by atomic mass is 32.1. The number of ether oxygens (including phenoxy) is 1. The van der Waals surface area contributed by atoms with Crippen molar-refractivity contribution in [2.45, 2.75) is 50.7 Å². The van der Waals surface area contributed by atoms with E-state index in [4.69, 9.17) is 10.5 Å². The normalized spacial score (nSPS) is 19.7. The predicted octanol–water partition coefficient (Wildman–Crippen LogP) is 4.37. The predicted molar refractivity (Wildman–Crippen MR) is 90.9 cm³/mol. The topological polar surface area (TPSA) is 35.2 Å². The molecule has 1 fully saturated rings. The van der Waals surface area contributed by atoms with Crippen molar-refractivity contribution in [3.05, 3.63) is 35.2 Å². The van der Waals surface area contributed by atoms with Crippen LogP contribution in [0.3, 0.4) is 0 Å². The molecular weight excluding hydrogens is 278 g/mol. The summed E-state index contributed by atoms with van der Waals surface area (Å²) in [7, 11) is 1.82. The lowest BCUT2D eigenvalue weighted by Gasteiger charge is -2.33. The zero-order valence-corrected chi connectivity index (χ0v) is 13.6. The quantitative estimate of drug-likeness (QED) is 0.890. The van der Waals surface area contributed by atoms with E-state index >= 15 is 0 Å². The summed E-state index contributed by atoms with van der Waals surface area (Å²) in [6.07, 6.45) is 7.70. The van der Waals surface area contributed by atoms with Gasteiger partial charge in [0.1, 0.15) is 0 Å². The summed E-state index contributed by atoms with van der Waals surface area (Å²) < 4.78 is 7.14. The Morgan fingerprint density at radius 2 is 2.00 bits per heavy atom. The van der Waals surface area contributed by atoms with Gasteiger partial charge in [0, 0.05) is 17.9 Å². The molecule has 1 saturated carbocycles. The van der Waals surface area contributed by atoms with Crippen LogP contribution in [0.1, 0.15) is 37.7 Å². The second-order valence-electron chi connectivity index (χ2n) is 6.22. The molecule has 21 heavy (non-hydrogen) atoms. The highest BCUT2D eigenvalue weighted by Gasteiger charge is 2.29. The molecule has 2 nitrogen and oxygen atoms in total. The largest absolute Gasteiger partial charge is 0.380 e. The van der Waals surface area contributed by atoms with Crippen molar-refractivity contribution in [2.75, 3.05) is 7.11 Å². The zero-order chi connectivity index (χ0) is 14.7. The van der Waals surface area contributed by atoms with Crippen molar-refractivity contribution in [3.63, 3.8) is 0 Å². The summed E-state index contributed by atoms with van der Waals surface area (Å²) in [5, 5.41) is 3.62. The van der Waals surface area contributed by atoms with Crippen molar-refractivity contribution in [3.8, 4) is 0 Å². The SMILES string of the molecule is COC(C(N)Cc1csc2ccccc12)C1CCCCC1. The van der Waals surface area contributed by atoms with Crippen molar-refractivity contribution in [2.24, 2.45) is 11.7 Å². The van der Waals surface area contributed by atoms with E-state index in [-0.39, 0.29) is 12.1 Å². The first-order valence-corrected chi connectivity index (χ1v) is 8.91. The van der Waals surface area contributed by atoms with Gasteiger partial charge >= 0.3 is 0 Å². The Bertz CT molecular complexity index is 573. The van der Waals surface area contributed by atoms with Crippen LogP contribution in [0.15, 0.2) is 29.6 Å². The van der Waals surface area contributed by atoms with Gasteiger partial charge in [0.05, 0.1) is 6.10 Å². The van der Waals surface area contributed by atoms with Crippen molar-refractivity contribution in [1.82, 2.24) is 0 Å². The minimum Gasteiger partial charge on any atom is -0.380 e. The maximum absolute atomic E-state index is 6.52. The second kappa shape index (κ2) is 6.91. The molecule has 1 aromatic carbocycles. The molecule has 3 rings (SSSR count). The van der Waals surface area contributed by atoms with Crippen LogP contribution < -0.4 is 5.73 Å². The number of thiophene rings is 1. The van der Waals surface area contributed by atoms with E-state index in [2.05, 4.69) is 29.6 Å². The van der Waals surface area contributed by atoms with Crippen molar-refractivity contribution < 1.29 is 4.74 Å². The van der Waals surface area contributed by atoms with E-state index in [0.717, 1.165) is 6.42 Å². The van der Waals surface area contributed by atoms with Crippen LogP contribution in [-0.2, 0) is 11.2 Å². The fourth-order valence-electron chi connectivity index (χ4n) is 3.74. The first-order chi connectivity index (χ1) is 10.3. The maximum Gasteiger partial charge on any atom is 0.0753 e. The van der Waals surface area contributed by atoms with Gasteiger partial charge in [-0.1, -0.05) is 37.5 Å². The van der Waals surface area contributed by atoms with Crippen LogP contribution in [0.2, 0.25) is 0 Å². The Balaban J connectivity index is 1.73. The molecular formula is C18H25NOS. The summed E-state index contributed by atoms with van der Waals surface area (Å²) in [6.45, 7) is 0. The Kier molecular flexibility index (Phi) is 4.94. The van der Waals surface area contributed by atoms with Gasteiger partial charge in [0.15, 0.2) is 0 Å². The van der Waals surface area contributed by atoms with Gasteiger partial charge in [-0.25, -0.2) is 0 Å². The molecule has 0 saturated heterocycles. The van der Waals surface area contributed by atoms with E-state index in [1.54, 1.807) is 0 Å². The zero-order valence-electron chi connectivity index (χ0n) is 12.8. The number of hydrogen-bond acceptors (Lipinski definition) is 3.